The van der Waals surface area contributed by atoms with Crippen LogP contribution in [0.15, 0.2) is 12.2 Å². The Hall–Kier alpha value is -0.260. The smallest absolute Gasteiger partial charge is 0.00879 e. The first-order valence-electron chi connectivity index (χ1n) is 9.24. The third kappa shape index (κ3) is 1.60. The fourth-order valence-electron chi connectivity index (χ4n) is 7.20. The summed E-state index contributed by atoms with van der Waals surface area (Å²) in [6.07, 6.45) is 14.9. The van der Waals surface area contributed by atoms with Gasteiger partial charge in [-0.25, -0.2) is 0 Å². The second-order valence-electron chi connectivity index (χ2n) is 9.00. The molecule has 6 atom stereocenters. The summed E-state index contributed by atoms with van der Waals surface area (Å²) in [5, 5.41) is 0. The van der Waals surface area contributed by atoms with Crippen molar-refractivity contribution in [2.45, 2.75) is 78.1 Å². The molecule has 0 aromatic carbocycles. The van der Waals surface area contributed by atoms with Crippen molar-refractivity contribution in [3.8, 4) is 0 Å². The minimum absolute atomic E-state index is 0.513. The topological polar surface area (TPSA) is 0 Å². The molecule has 4 aliphatic rings. The molecule has 0 heteroatoms. The van der Waals surface area contributed by atoms with Crippen molar-refractivity contribution >= 4 is 0 Å². The van der Waals surface area contributed by atoms with E-state index in [9.17, 15) is 0 Å². The first-order chi connectivity index (χ1) is 9.56. The first kappa shape index (κ1) is 13.4. The van der Waals surface area contributed by atoms with Crippen LogP contribution in [0.4, 0.5) is 0 Å². The predicted molar refractivity (Wildman–Crippen MR) is 85.5 cm³/mol. The lowest BCUT2D eigenvalue weighted by atomic mass is 9.45. The highest BCUT2D eigenvalue weighted by molar-refractivity contribution is 5.21. The van der Waals surface area contributed by atoms with Crippen LogP contribution in [0.5, 0.6) is 0 Å². The zero-order valence-corrected chi connectivity index (χ0v) is 13.6. The highest BCUT2D eigenvalue weighted by atomic mass is 14.6. The van der Waals surface area contributed by atoms with E-state index < -0.39 is 0 Å². The van der Waals surface area contributed by atoms with Gasteiger partial charge in [0.1, 0.15) is 0 Å². The zero-order chi connectivity index (χ0) is 14.0. The summed E-state index contributed by atoms with van der Waals surface area (Å²) in [6, 6.07) is 0. The van der Waals surface area contributed by atoms with Gasteiger partial charge in [-0.1, -0.05) is 38.8 Å². The van der Waals surface area contributed by atoms with E-state index in [0.717, 1.165) is 23.7 Å². The lowest BCUT2D eigenvalue weighted by molar-refractivity contribution is -0.0972. The summed E-state index contributed by atoms with van der Waals surface area (Å²) in [7, 11) is 0. The van der Waals surface area contributed by atoms with Crippen molar-refractivity contribution in [3.05, 3.63) is 12.2 Å². The van der Waals surface area contributed by atoms with Crippen LogP contribution in [-0.2, 0) is 0 Å². The van der Waals surface area contributed by atoms with Crippen molar-refractivity contribution in [1.29, 1.82) is 0 Å². The quantitative estimate of drug-likeness (QED) is 0.476. The van der Waals surface area contributed by atoms with E-state index in [1.54, 1.807) is 12.0 Å². The molecule has 0 amide bonds. The summed E-state index contributed by atoms with van der Waals surface area (Å²) in [6.45, 7) is 9.68. The molecule has 0 radical (unpaired) electrons. The molecule has 0 saturated heterocycles. The zero-order valence-electron chi connectivity index (χ0n) is 13.6. The molecule has 20 heavy (non-hydrogen) atoms. The van der Waals surface area contributed by atoms with Gasteiger partial charge in [0.25, 0.3) is 0 Å². The molecule has 4 aliphatic carbocycles. The van der Waals surface area contributed by atoms with E-state index in [4.69, 9.17) is 0 Å². The van der Waals surface area contributed by atoms with Crippen LogP contribution in [0, 0.1) is 34.5 Å². The Morgan fingerprint density at radius 2 is 1.75 bits per heavy atom. The number of hydrogen-bond donors (Lipinski definition) is 0. The molecule has 0 heterocycles. The Labute approximate surface area is 125 Å². The fraction of sp³-hybridized carbons (Fsp3) is 0.900. The lowest BCUT2D eigenvalue weighted by Gasteiger charge is -2.60. The maximum absolute atomic E-state index is 4.45. The Bertz CT molecular complexity index is 422. The molecule has 0 aromatic heterocycles. The summed E-state index contributed by atoms with van der Waals surface area (Å²) in [5.41, 5.74) is 2.81. The molecule has 0 N–H and O–H groups in total. The lowest BCUT2D eigenvalue weighted by Crippen LogP contribution is -2.51. The van der Waals surface area contributed by atoms with Gasteiger partial charge >= 0.3 is 0 Å². The van der Waals surface area contributed by atoms with E-state index in [0.29, 0.717) is 10.8 Å². The normalized spacial score (nSPS) is 55.0. The molecule has 0 spiro atoms. The van der Waals surface area contributed by atoms with Gasteiger partial charge in [0.2, 0.25) is 0 Å². The van der Waals surface area contributed by atoms with Crippen molar-refractivity contribution in [2.75, 3.05) is 0 Å². The van der Waals surface area contributed by atoms with Gasteiger partial charge in [0, 0.05) is 0 Å². The molecule has 0 nitrogen and oxygen atoms in total. The van der Waals surface area contributed by atoms with Crippen molar-refractivity contribution in [3.63, 3.8) is 0 Å². The average molecular weight is 272 g/mol. The second kappa shape index (κ2) is 4.37. The Morgan fingerprint density at radius 1 is 0.900 bits per heavy atom. The van der Waals surface area contributed by atoms with Gasteiger partial charge in [-0.3, -0.25) is 0 Å². The molecular formula is C20H32. The highest BCUT2D eigenvalue weighted by Crippen LogP contribution is 2.67. The first-order valence-corrected chi connectivity index (χ1v) is 9.24. The van der Waals surface area contributed by atoms with Gasteiger partial charge in [-0.2, -0.15) is 0 Å². The number of fused-ring (bicyclic) bond motifs is 5. The summed E-state index contributed by atoms with van der Waals surface area (Å²) in [5.74, 6) is 4.12. The van der Waals surface area contributed by atoms with Crippen LogP contribution in [0.2, 0.25) is 0 Å². The highest BCUT2D eigenvalue weighted by Gasteiger charge is 2.57. The largest absolute Gasteiger partial charge is 0.0993 e. The number of allylic oxidation sites excluding steroid dienone is 1. The van der Waals surface area contributed by atoms with Crippen LogP contribution < -0.4 is 0 Å². The molecule has 0 aliphatic heterocycles. The monoisotopic (exact) mass is 272 g/mol. The minimum Gasteiger partial charge on any atom is -0.0993 e. The van der Waals surface area contributed by atoms with Crippen molar-refractivity contribution in [2.24, 2.45) is 34.5 Å². The number of rotatable bonds is 0. The molecular weight excluding hydrogens is 240 g/mol. The summed E-state index contributed by atoms with van der Waals surface area (Å²) >= 11 is 0. The molecule has 4 fully saturated rings. The van der Waals surface area contributed by atoms with Gasteiger partial charge in [-0.05, 0) is 85.9 Å². The molecule has 112 valence electrons. The minimum atomic E-state index is 0.513. The molecule has 4 saturated carbocycles. The van der Waals surface area contributed by atoms with Crippen LogP contribution in [-0.4, -0.2) is 0 Å². The average Bonchev–Trinajstić information content (AvgIpc) is 2.74. The van der Waals surface area contributed by atoms with E-state index in [1.165, 1.54) is 57.8 Å². The second-order valence-corrected chi connectivity index (χ2v) is 9.00. The Kier molecular flexibility index (Phi) is 2.93. The van der Waals surface area contributed by atoms with Gasteiger partial charge in [-0.15, -0.1) is 0 Å². The SMILES string of the molecule is C=C1CCC2C3CC[C@@H]4CCCC[C@]4(C)C3CC[C@]12C. The Balaban J connectivity index is 1.66. The number of hydrogen-bond acceptors (Lipinski definition) is 0. The standard InChI is InChI=1S/C20H32/c1-14-7-10-17-16-9-8-15-6-4-5-12-20(15,3)18(16)11-13-19(14,17)2/h15-18H,1,4-13H2,2-3H3/t15-,16?,17?,18?,19+,20-/m0/s1. The van der Waals surface area contributed by atoms with Gasteiger partial charge < -0.3 is 0 Å². The molecule has 3 unspecified atom stereocenters. The van der Waals surface area contributed by atoms with E-state index >= 15 is 0 Å². The summed E-state index contributed by atoms with van der Waals surface area (Å²) in [4.78, 5) is 0. The van der Waals surface area contributed by atoms with E-state index in [-0.39, 0.29) is 0 Å². The predicted octanol–water partition coefficient (Wildman–Crippen LogP) is 5.98. The fourth-order valence-corrected chi connectivity index (χ4v) is 7.20. The summed E-state index contributed by atoms with van der Waals surface area (Å²) < 4.78 is 0. The molecule has 4 rings (SSSR count). The van der Waals surface area contributed by atoms with Crippen molar-refractivity contribution in [1.82, 2.24) is 0 Å². The maximum Gasteiger partial charge on any atom is -0.00879 e. The van der Waals surface area contributed by atoms with Crippen molar-refractivity contribution < 1.29 is 0 Å². The van der Waals surface area contributed by atoms with Crippen LogP contribution >= 0.6 is 0 Å². The molecule has 0 aromatic rings. The van der Waals surface area contributed by atoms with E-state index in [2.05, 4.69) is 20.4 Å². The van der Waals surface area contributed by atoms with Crippen LogP contribution in [0.1, 0.15) is 78.1 Å². The molecule has 0 bridgehead atoms. The Morgan fingerprint density at radius 3 is 2.60 bits per heavy atom. The van der Waals surface area contributed by atoms with Gasteiger partial charge in [0.05, 0.1) is 0 Å². The van der Waals surface area contributed by atoms with Crippen LogP contribution in [0.25, 0.3) is 0 Å². The van der Waals surface area contributed by atoms with Crippen LogP contribution in [0.3, 0.4) is 0 Å². The third-order valence-electron chi connectivity index (χ3n) is 8.54. The van der Waals surface area contributed by atoms with Gasteiger partial charge in [0.15, 0.2) is 0 Å². The maximum atomic E-state index is 4.45. The third-order valence-corrected chi connectivity index (χ3v) is 8.54. The van der Waals surface area contributed by atoms with E-state index in [1.807, 2.05) is 0 Å².